The average molecular weight is 475 g/mol. The normalized spacial score (nSPS) is 14.2. The van der Waals surface area contributed by atoms with Crippen LogP contribution in [0.1, 0.15) is 5.56 Å². The van der Waals surface area contributed by atoms with E-state index < -0.39 is 18.6 Å². The van der Waals surface area contributed by atoms with Crippen molar-refractivity contribution >= 4 is 17.5 Å². The number of hydrogen-bond acceptors (Lipinski definition) is 6. The topological polar surface area (TPSA) is 121 Å². The highest BCUT2D eigenvalue weighted by atomic mass is 16.6. The summed E-state index contributed by atoms with van der Waals surface area (Å²) in [6.45, 7) is 2.61. The highest BCUT2D eigenvalue weighted by Crippen LogP contribution is 2.38. The number of nitrogens with zero attached hydrogens (tertiary/aromatic N) is 2. The molecule has 35 heavy (non-hydrogen) atoms. The maximum atomic E-state index is 11.2. The van der Waals surface area contributed by atoms with Gasteiger partial charge in [0.2, 0.25) is 0 Å². The fourth-order valence-electron chi connectivity index (χ4n) is 4.26. The third kappa shape index (κ3) is 4.33. The summed E-state index contributed by atoms with van der Waals surface area (Å²) < 4.78 is 13.2. The van der Waals surface area contributed by atoms with E-state index in [4.69, 9.17) is 9.47 Å². The predicted octanol–water partition coefficient (Wildman–Crippen LogP) is 3.29. The number of aliphatic hydroxyl groups excluding tert-OH is 1. The van der Waals surface area contributed by atoms with E-state index >= 15 is 0 Å². The molecule has 1 atom stereocenters. The second kappa shape index (κ2) is 9.19. The van der Waals surface area contributed by atoms with Crippen molar-refractivity contribution in [2.75, 3.05) is 25.1 Å². The number of carboxylic acids is 1. The lowest BCUT2D eigenvalue weighted by Crippen LogP contribution is -2.25. The Hall–Kier alpha value is -4.24. The molecule has 0 saturated carbocycles. The molecular weight excluding hydrogens is 448 g/mol. The number of H-pyrrole nitrogens is 1. The molecule has 0 fully saturated rings. The number of aromatic amines is 1. The summed E-state index contributed by atoms with van der Waals surface area (Å²) in [6, 6.07) is 16.3. The van der Waals surface area contributed by atoms with Crippen LogP contribution in [0.25, 0.3) is 22.4 Å². The van der Waals surface area contributed by atoms with Gasteiger partial charge < -0.3 is 25.0 Å². The number of aliphatic carboxylic acids is 1. The summed E-state index contributed by atoms with van der Waals surface area (Å²) in [5.74, 6) is 1.15. The zero-order valence-corrected chi connectivity index (χ0v) is 19.4. The van der Waals surface area contributed by atoms with Crippen LogP contribution in [0.15, 0.2) is 59.6 Å². The number of aryl methyl sites for hydroxylation is 1. The zero-order valence-electron chi connectivity index (χ0n) is 19.4. The van der Waals surface area contributed by atoms with Crippen molar-refractivity contribution in [1.29, 1.82) is 0 Å². The van der Waals surface area contributed by atoms with Crippen molar-refractivity contribution in [2.45, 2.75) is 13.0 Å². The Morgan fingerprint density at radius 3 is 2.69 bits per heavy atom. The van der Waals surface area contributed by atoms with Crippen molar-refractivity contribution < 1.29 is 24.5 Å². The van der Waals surface area contributed by atoms with Gasteiger partial charge in [0.15, 0.2) is 17.5 Å². The molecule has 1 aliphatic carbocycles. The molecule has 0 bridgehead atoms. The smallest absolute Gasteiger partial charge is 0.330 e. The lowest BCUT2D eigenvalue weighted by Gasteiger charge is -2.20. The second-order valence-electron chi connectivity index (χ2n) is 8.37. The standard InChI is InChI=1S/C26H26N4O5/c1-15-18(16-6-9-23-24(12-16)35-11-10-34-23)4-3-5-20(15)28-25-19-8-7-17(13-22(19)30(2)29-25)27-21(14-31)26(32)33/h3-9,12-13,21,28-29,31H,10-11,14H2,1-2H3,(H,32,33)/t21-/m0/s1. The molecule has 0 spiro atoms. The van der Waals surface area contributed by atoms with E-state index in [2.05, 4.69) is 28.4 Å². The first kappa shape index (κ1) is 22.5. The summed E-state index contributed by atoms with van der Waals surface area (Å²) >= 11 is 0. The number of aliphatic hydroxyl groups is 1. The van der Waals surface area contributed by atoms with E-state index in [1.54, 1.807) is 12.1 Å². The summed E-state index contributed by atoms with van der Waals surface area (Å²) in [6.07, 6.45) is 0. The SMILES string of the molecule is Cc1c(Nc2[nH]n(C)c3cc(=N[C@@H](CO)C(=O)O)ccc2-3)cccc1-c1ccc2c(c1)OCCO2. The molecule has 2 aromatic rings. The van der Waals surface area contributed by atoms with Gasteiger partial charge >= 0.3 is 5.97 Å². The Kier molecular flexibility index (Phi) is 5.92. The van der Waals surface area contributed by atoms with E-state index in [1.807, 2.05) is 48.1 Å². The number of hydrogen-bond donors (Lipinski definition) is 4. The van der Waals surface area contributed by atoms with Crippen molar-refractivity contribution in [3.05, 3.63) is 65.5 Å². The third-order valence-corrected chi connectivity index (χ3v) is 6.10. The van der Waals surface area contributed by atoms with Crippen molar-refractivity contribution in [3.63, 3.8) is 0 Å². The lowest BCUT2D eigenvalue weighted by molar-refractivity contribution is -0.139. The third-order valence-electron chi connectivity index (χ3n) is 6.10. The molecule has 4 N–H and O–H groups in total. The van der Waals surface area contributed by atoms with E-state index in [0.29, 0.717) is 18.6 Å². The van der Waals surface area contributed by atoms with Gasteiger partial charge in [0.05, 0.1) is 17.7 Å². The minimum absolute atomic E-state index is 0.483. The van der Waals surface area contributed by atoms with Crippen LogP contribution < -0.4 is 20.1 Å². The van der Waals surface area contributed by atoms with Gasteiger partial charge in [-0.15, -0.1) is 0 Å². The number of rotatable bonds is 6. The van der Waals surface area contributed by atoms with Gasteiger partial charge in [-0.3, -0.25) is 14.8 Å². The number of benzene rings is 3. The predicted molar refractivity (Wildman–Crippen MR) is 131 cm³/mol. The van der Waals surface area contributed by atoms with Crippen molar-refractivity contribution in [1.82, 2.24) is 9.78 Å². The van der Waals surface area contributed by atoms with Gasteiger partial charge in [-0.05, 0) is 60.0 Å². The first-order valence-corrected chi connectivity index (χ1v) is 11.3. The first-order valence-electron chi connectivity index (χ1n) is 11.3. The Labute approximate surface area is 201 Å². The monoisotopic (exact) mass is 474 g/mol. The highest BCUT2D eigenvalue weighted by molar-refractivity contribution is 5.82. The summed E-state index contributed by atoms with van der Waals surface area (Å²) in [5, 5.41) is 25.7. The van der Waals surface area contributed by atoms with Crippen LogP contribution in [0, 0.1) is 6.92 Å². The zero-order chi connectivity index (χ0) is 24.5. The Morgan fingerprint density at radius 1 is 1.11 bits per heavy atom. The van der Waals surface area contributed by atoms with Gasteiger partial charge in [0, 0.05) is 18.3 Å². The van der Waals surface area contributed by atoms with Crippen LogP contribution in [-0.4, -0.2) is 51.8 Å². The minimum Gasteiger partial charge on any atom is -0.486 e. The molecule has 2 heterocycles. The average Bonchev–Trinajstić information content (AvgIpc) is 3.17. The van der Waals surface area contributed by atoms with Gasteiger partial charge in [0.1, 0.15) is 19.0 Å². The minimum atomic E-state index is -1.19. The summed E-state index contributed by atoms with van der Waals surface area (Å²) in [7, 11) is 1.87. The molecule has 0 saturated heterocycles. The molecule has 0 aromatic heterocycles. The van der Waals surface area contributed by atoms with E-state index in [-0.39, 0.29) is 0 Å². The van der Waals surface area contributed by atoms with Crippen LogP contribution in [0.2, 0.25) is 0 Å². The fraction of sp³-hybridized carbons (Fsp3) is 0.231. The number of ether oxygens (including phenoxy) is 2. The van der Waals surface area contributed by atoms with Crippen LogP contribution in [0.5, 0.6) is 11.5 Å². The van der Waals surface area contributed by atoms with Gasteiger partial charge in [-0.1, -0.05) is 18.2 Å². The molecule has 5 rings (SSSR count). The van der Waals surface area contributed by atoms with Gasteiger partial charge in [0.25, 0.3) is 0 Å². The largest absolute Gasteiger partial charge is 0.486 e. The molecule has 2 aliphatic heterocycles. The van der Waals surface area contributed by atoms with E-state index in [1.165, 1.54) is 0 Å². The van der Waals surface area contributed by atoms with Crippen LogP contribution >= 0.6 is 0 Å². The molecule has 9 nitrogen and oxygen atoms in total. The van der Waals surface area contributed by atoms with E-state index in [0.717, 1.165) is 51.0 Å². The molecule has 180 valence electrons. The fourth-order valence-corrected chi connectivity index (χ4v) is 4.26. The van der Waals surface area contributed by atoms with Gasteiger partial charge in [-0.2, -0.15) is 0 Å². The van der Waals surface area contributed by atoms with Crippen LogP contribution in [0.4, 0.5) is 11.5 Å². The molecule has 9 heteroatoms. The summed E-state index contributed by atoms with van der Waals surface area (Å²) in [5.41, 5.74) is 5.91. The Balaban J connectivity index is 1.48. The number of fused-ring (bicyclic) bond motifs is 2. The molecule has 3 aliphatic rings. The number of carbonyl (C=O) groups is 1. The van der Waals surface area contributed by atoms with Gasteiger partial charge in [-0.25, -0.2) is 4.79 Å². The maximum absolute atomic E-state index is 11.2. The van der Waals surface area contributed by atoms with Crippen molar-refractivity contribution in [3.8, 4) is 33.9 Å². The van der Waals surface area contributed by atoms with Crippen molar-refractivity contribution in [2.24, 2.45) is 12.0 Å². The van der Waals surface area contributed by atoms with E-state index in [9.17, 15) is 15.0 Å². The Morgan fingerprint density at radius 2 is 1.91 bits per heavy atom. The number of carboxylic acid groups (broad SMARTS) is 1. The lowest BCUT2D eigenvalue weighted by atomic mass is 9.98. The first-order chi connectivity index (χ1) is 16.9. The highest BCUT2D eigenvalue weighted by Gasteiger charge is 2.18. The number of nitrogens with one attached hydrogen (secondary N) is 2. The second-order valence-corrected chi connectivity index (χ2v) is 8.37. The number of anilines is 2. The number of aromatic nitrogens is 2. The quantitative estimate of drug-likeness (QED) is 0.340. The molecule has 0 amide bonds. The molecule has 0 unspecified atom stereocenters. The maximum Gasteiger partial charge on any atom is 0.330 e. The van der Waals surface area contributed by atoms with Crippen LogP contribution in [-0.2, 0) is 11.8 Å². The molecular formula is C26H26N4O5. The molecule has 0 radical (unpaired) electrons. The molecule has 2 aromatic carbocycles. The van der Waals surface area contributed by atoms with Crippen LogP contribution in [0.3, 0.4) is 0 Å². The Bertz CT molecular complexity index is 1440. The summed E-state index contributed by atoms with van der Waals surface area (Å²) in [4.78, 5) is 15.4.